The number of rotatable bonds is 5. The van der Waals surface area contributed by atoms with Gasteiger partial charge in [-0.2, -0.15) is 9.78 Å². The van der Waals surface area contributed by atoms with E-state index in [0.717, 1.165) is 17.0 Å². The molecular formula is C18H20N4O. The van der Waals surface area contributed by atoms with E-state index in [1.54, 1.807) is 10.9 Å². The van der Waals surface area contributed by atoms with Gasteiger partial charge in [0.05, 0.1) is 12.3 Å². The second-order valence-corrected chi connectivity index (χ2v) is 5.78. The van der Waals surface area contributed by atoms with E-state index in [9.17, 15) is 0 Å². The summed E-state index contributed by atoms with van der Waals surface area (Å²) in [6.07, 6.45) is 1.72. The van der Waals surface area contributed by atoms with Gasteiger partial charge < -0.3 is 10.5 Å². The van der Waals surface area contributed by atoms with E-state index in [1.165, 1.54) is 0 Å². The van der Waals surface area contributed by atoms with Gasteiger partial charge in [0, 0.05) is 17.8 Å². The summed E-state index contributed by atoms with van der Waals surface area (Å²) in [7, 11) is 0. The summed E-state index contributed by atoms with van der Waals surface area (Å²) in [5.74, 6) is 2.62. The Bertz CT molecular complexity index is 763. The van der Waals surface area contributed by atoms with E-state index in [-0.39, 0.29) is 0 Å². The summed E-state index contributed by atoms with van der Waals surface area (Å²) in [5.41, 5.74) is 7.86. The van der Waals surface area contributed by atoms with Crippen molar-refractivity contribution >= 4 is 5.82 Å². The first kappa shape index (κ1) is 15.1. The zero-order valence-corrected chi connectivity index (χ0v) is 13.3. The summed E-state index contributed by atoms with van der Waals surface area (Å²) in [6.45, 7) is 4.96. The monoisotopic (exact) mass is 308 g/mol. The van der Waals surface area contributed by atoms with Crippen molar-refractivity contribution in [3.8, 4) is 22.8 Å². The largest absolute Gasteiger partial charge is 0.493 e. The van der Waals surface area contributed by atoms with Gasteiger partial charge in [-0.3, -0.25) is 0 Å². The molecule has 0 bridgehead atoms. The fourth-order valence-electron chi connectivity index (χ4n) is 2.18. The molecule has 23 heavy (non-hydrogen) atoms. The van der Waals surface area contributed by atoms with E-state index in [0.29, 0.717) is 24.2 Å². The van der Waals surface area contributed by atoms with Gasteiger partial charge in [-0.05, 0) is 42.3 Å². The number of nitrogens with zero attached hydrogens (tertiary/aromatic N) is 3. The molecule has 5 heteroatoms. The standard InChI is InChI=1S/C18H20N4O/c1-13(2)12-23-15-8-6-14(7-9-15)16-11-17(19)22(21-16)18-5-3-4-10-20-18/h3-11,13H,12,19H2,1-2H3. The normalized spacial score (nSPS) is 10.9. The molecule has 2 N–H and O–H groups in total. The molecule has 118 valence electrons. The first-order chi connectivity index (χ1) is 11.1. The van der Waals surface area contributed by atoms with Crippen molar-refractivity contribution in [2.45, 2.75) is 13.8 Å². The number of nitrogen functional groups attached to an aromatic ring is 1. The lowest BCUT2D eigenvalue weighted by Crippen LogP contribution is -2.04. The maximum absolute atomic E-state index is 6.06. The fourth-order valence-corrected chi connectivity index (χ4v) is 2.18. The van der Waals surface area contributed by atoms with E-state index in [1.807, 2.05) is 48.5 Å². The lowest BCUT2D eigenvalue weighted by Gasteiger charge is -2.08. The molecule has 0 saturated heterocycles. The van der Waals surface area contributed by atoms with Crippen LogP contribution in [0.5, 0.6) is 5.75 Å². The van der Waals surface area contributed by atoms with Crippen LogP contribution in [-0.2, 0) is 0 Å². The highest BCUT2D eigenvalue weighted by molar-refractivity contribution is 5.64. The molecular weight excluding hydrogens is 288 g/mol. The first-order valence-electron chi connectivity index (χ1n) is 7.63. The maximum Gasteiger partial charge on any atom is 0.155 e. The molecule has 0 aliphatic rings. The van der Waals surface area contributed by atoms with Gasteiger partial charge >= 0.3 is 0 Å². The topological polar surface area (TPSA) is 66.0 Å². The number of nitrogens with two attached hydrogens (primary N) is 1. The number of ether oxygens (including phenoxy) is 1. The van der Waals surface area contributed by atoms with E-state index in [2.05, 4.69) is 23.9 Å². The summed E-state index contributed by atoms with van der Waals surface area (Å²) >= 11 is 0. The molecule has 3 rings (SSSR count). The van der Waals surface area contributed by atoms with Crippen LogP contribution in [-0.4, -0.2) is 21.4 Å². The van der Waals surface area contributed by atoms with E-state index < -0.39 is 0 Å². The smallest absolute Gasteiger partial charge is 0.155 e. The minimum Gasteiger partial charge on any atom is -0.493 e. The number of benzene rings is 1. The van der Waals surface area contributed by atoms with Crippen LogP contribution in [0, 0.1) is 5.92 Å². The molecule has 0 saturated carbocycles. The van der Waals surface area contributed by atoms with E-state index in [4.69, 9.17) is 10.5 Å². The molecule has 0 amide bonds. The van der Waals surface area contributed by atoms with Crippen LogP contribution in [0.3, 0.4) is 0 Å². The number of anilines is 1. The molecule has 0 fully saturated rings. The lowest BCUT2D eigenvalue weighted by molar-refractivity contribution is 0.271. The van der Waals surface area contributed by atoms with Gasteiger partial charge in [0.1, 0.15) is 11.6 Å². The molecule has 2 heterocycles. The van der Waals surface area contributed by atoms with Crippen LogP contribution < -0.4 is 10.5 Å². The van der Waals surface area contributed by atoms with Gasteiger partial charge in [-0.25, -0.2) is 4.98 Å². The summed E-state index contributed by atoms with van der Waals surface area (Å²) in [6, 6.07) is 15.4. The Kier molecular flexibility index (Phi) is 4.28. The van der Waals surface area contributed by atoms with Crippen molar-refractivity contribution in [3.05, 3.63) is 54.7 Å². The van der Waals surface area contributed by atoms with Gasteiger partial charge in [0.25, 0.3) is 0 Å². The molecule has 5 nitrogen and oxygen atoms in total. The Balaban J connectivity index is 1.82. The molecule has 3 aromatic rings. The summed E-state index contributed by atoms with van der Waals surface area (Å²) in [4.78, 5) is 4.27. The molecule has 0 spiro atoms. The molecule has 0 aliphatic carbocycles. The zero-order valence-electron chi connectivity index (χ0n) is 13.3. The maximum atomic E-state index is 6.06. The molecule has 0 aliphatic heterocycles. The molecule has 0 unspecified atom stereocenters. The highest BCUT2D eigenvalue weighted by Gasteiger charge is 2.09. The number of hydrogen-bond donors (Lipinski definition) is 1. The quantitative estimate of drug-likeness (QED) is 0.782. The van der Waals surface area contributed by atoms with Crippen LogP contribution in [0.25, 0.3) is 17.1 Å². The third kappa shape index (κ3) is 3.51. The predicted molar refractivity (Wildman–Crippen MR) is 91.5 cm³/mol. The Morgan fingerprint density at radius 2 is 1.91 bits per heavy atom. The summed E-state index contributed by atoms with van der Waals surface area (Å²) in [5, 5.41) is 4.54. The van der Waals surface area contributed by atoms with Crippen molar-refractivity contribution in [2.24, 2.45) is 5.92 Å². The predicted octanol–water partition coefficient (Wildman–Crippen LogP) is 3.55. The van der Waals surface area contributed by atoms with Crippen molar-refractivity contribution in [3.63, 3.8) is 0 Å². The minimum absolute atomic E-state index is 0.503. The highest BCUT2D eigenvalue weighted by Crippen LogP contribution is 2.24. The Labute approximate surface area is 135 Å². The van der Waals surface area contributed by atoms with Gasteiger partial charge in [-0.1, -0.05) is 19.9 Å². The molecule has 0 atom stereocenters. The van der Waals surface area contributed by atoms with Gasteiger partial charge in [-0.15, -0.1) is 0 Å². The molecule has 0 radical (unpaired) electrons. The van der Waals surface area contributed by atoms with Crippen molar-refractivity contribution in [1.82, 2.24) is 14.8 Å². The van der Waals surface area contributed by atoms with Gasteiger partial charge in [0.15, 0.2) is 5.82 Å². The van der Waals surface area contributed by atoms with Crippen LogP contribution in [0.4, 0.5) is 5.82 Å². The zero-order chi connectivity index (χ0) is 16.2. The number of hydrogen-bond acceptors (Lipinski definition) is 4. The minimum atomic E-state index is 0.503. The Morgan fingerprint density at radius 1 is 1.13 bits per heavy atom. The summed E-state index contributed by atoms with van der Waals surface area (Å²) < 4.78 is 7.33. The van der Waals surface area contributed by atoms with Crippen molar-refractivity contribution < 1.29 is 4.74 Å². The highest BCUT2D eigenvalue weighted by atomic mass is 16.5. The average molecular weight is 308 g/mol. The van der Waals surface area contributed by atoms with Crippen LogP contribution in [0.1, 0.15) is 13.8 Å². The Morgan fingerprint density at radius 3 is 2.57 bits per heavy atom. The second-order valence-electron chi connectivity index (χ2n) is 5.78. The lowest BCUT2D eigenvalue weighted by atomic mass is 10.1. The second kappa shape index (κ2) is 6.52. The third-order valence-electron chi connectivity index (χ3n) is 3.34. The third-order valence-corrected chi connectivity index (χ3v) is 3.34. The fraction of sp³-hybridized carbons (Fsp3) is 0.222. The van der Waals surface area contributed by atoms with Crippen LogP contribution in [0.15, 0.2) is 54.7 Å². The van der Waals surface area contributed by atoms with Crippen molar-refractivity contribution in [2.75, 3.05) is 12.3 Å². The van der Waals surface area contributed by atoms with Crippen molar-refractivity contribution in [1.29, 1.82) is 0 Å². The first-order valence-corrected chi connectivity index (χ1v) is 7.63. The van der Waals surface area contributed by atoms with Crippen LogP contribution in [0.2, 0.25) is 0 Å². The average Bonchev–Trinajstić information content (AvgIpc) is 2.96. The van der Waals surface area contributed by atoms with Gasteiger partial charge in [0.2, 0.25) is 0 Å². The Hall–Kier alpha value is -2.82. The number of pyridine rings is 1. The molecule has 2 aromatic heterocycles. The molecule has 1 aromatic carbocycles. The SMILES string of the molecule is CC(C)COc1ccc(-c2cc(N)n(-c3ccccn3)n2)cc1. The number of aromatic nitrogens is 3. The van der Waals surface area contributed by atoms with E-state index >= 15 is 0 Å². The van der Waals surface area contributed by atoms with Crippen LogP contribution >= 0.6 is 0 Å².